The van der Waals surface area contributed by atoms with Crippen LogP contribution in [0.15, 0.2) is 41.3 Å². The van der Waals surface area contributed by atoms with Gasteiger partial charge >= 0.3 is 0 Å². The molecule has 2 rings (SSSR count). The first-order chi connectivity index (χ1) is 9.71. The molecule has 2 aromatic rings. The number of benzene rings is 2. The average Bonchev–Trinajstić information content (AvgIpc) is 2.36. The Hall–Kier alpha value is -2.08. The summed E-state index contributed by atoms with van der Waals surface area (Å²) in [5.41, 5.74) is 7.99. The van der Waals surface area contributed by atoms with Crippen LogP contribution in [-0.4, -0.2) is 15.5 Å². The van der Waals surface area contributed by atoms with E-state index in [-0.39, 0.29) is 5.69 Å². The van der Waals surface area contributed by atoms with Gasteiger partial charge in [0.15, 0.2) is 0 Å². The second-order valence-electron chi connectivity index (χ2n) is 5.01. The van der Waals surface area contributed by atoms with Gasteiger partial charge in [-0.15, -0.1) is 0 Å². The van der Waals surface area contributed by atoms with Crippen molar-refractivity contribution in [1.29, 1.82) is 0 Å². The quantitative estimate of drug-likeness (QED) is 0.887. The van der Waals surface area contributed by atoms with Crippen LogP contribution in [0.3, 0.4) is 0 Å². The lowest BCUT2D eigenvalue weighted by atomic mass is 10.1. The zero-order chi connectivity index (χ0) is 15.8. The van der Waals surface area contributed by atoms with Gasteiger partial charge in [0.2, 0.25) is 0 Å². The molecule has 4 nitrogen and oxygen atoms in total. The van der Waals surface area contributed by atoms with Gasteiger partial charge in [-0.25, -0.2) is 12.8 Å². The molecule has 0 unspecified atom stereocenters. The van der Waals surface area contributed by atoms with E-state index in [0.717, 1.165) is 21.5 Å². The van der Waals surface area contributed by atoms with Gasteiger partial charge in [-0.1, -0.05) is 6.07 Å². The maximum Gasteiger partial charge on any atom is 0.266 e. The number of nitrogen functional groups attached to an aromatic ring is 1. The molecule has 2 aromatic carbocycles. The number of nitrogens with zero attached hydrogens (tertiary/aromatic N) is 1. The van der Waals surface area contributed by atoms with Crippen molar-refractivity contribution in [3.63, 3.8) is 0 Å². The Morgan fingerprint density at radius 1 is 1.05 bits per heavy atom. The highest BCUT2D eigenvalue weighted by molar-refractivity contribution is 7.92. The van der Waals surface area contributed by atoms with Gasteiger partial charge in [-0.3, -0.25) is 4.31 Å². The van der Waals surface area contributed by atoms with Gasteiger partial charge in [0.05, 0.1) is 5.69 Å². The molecule has 0 aliphatic heterocycles. The molecule has 0 saturated carbocycles. The van der Waals surface area contributed by atoms with Crippen LogP contribution < -0.4 is 10.0 Å². The minimum Gasteiger partial charge on any atom is -0.399 e. The SMILES string of the molecule is Cc1cc(C)cc(N(C)S(=O)(=O)c2ccc(N)cc2F)c1. The fourth-order valence-electron chi connectivity index (χ4n) is 2.15. The van der Waals surface area contributed by atoms with Crippen molar-refractivity contribution in [3.05, 3.63) is 53.3 Å². The number of halogens is 1. The van der Waals surface area contributed by atoms with E-state index in [0.29, 0.717) is 5.69 Å². The second-order valence-corrected chi connectivity index (χ2v) is 6.95. The third-order valence-corrected chi connectivity index (χ3v) is 4.98. The van der Waals surface area contributed by atoms with Gasteiger partial charge < -0.3 is 5.73 Å². The van der Waals surface area contributed by atoms with Crippen LogP contribution in [-0.2, 0) is 10.0 Å². The summed E-state index contributed by atoms with van der Waals surface area (Å²) in [7, 11) is -2.57. The van der Waals surface area contributed by atoms with Crippen molar-refractivity contribution in [2.75, 3.05) is 17.1 Å². The summed E-state index contributed by atoms with van der Waals surface area (Å²) in [5.74, 6) is -0.855. The molecule has 0 bridgehead atoms. The number of sulfonamides is 1. The summed E-state index contributed by atoms with van der Waals surface area (Å²) in [6.07, 6.45) is 0. The first-order valence-electron chi connectivity index (χ1n) is 6.34. The minimum atomic E-state index is -3.97. The Morgan fingerprint density at radius 2 is 1.62 bits per heavy atom. The first-order valence-corrected chi connectivity index (χ1v) is 7.78. The van der Waals surface area contributed by atoms with Crippen molar-refractivity contribution in [2.24, 2.45) is 0 Å². The standard InChI is InChI=1S/C15H17FN2O2S/c1-10-6-11(2)8-13(7-10)18(3)21(19,20)15-5-4-12(17)9-14(15)16/h4-9H,17H2,1-3H3. The van der Waals surface area contributed by atoms with Crippen molar-refractivity contribution >= 4 is 21.4 Å². The van der Waals surface area contributed by atoms with Crippen LogP contribution >= 0.6 is 0 Å². The largest absolute Gasteiger partial charge is 0.399 e. The van der Waals surface area contributed by atoms with Crippen LogP contribution in [0.2, 0.25) is 0 Å². The minimum absolute atomic E-state index is 0.181. The fourth-order valence-corrected chi connectivity index (χ4v) is 3.37. The summed E-state index contributed by atoms with van der Waals surface area (Å²) in [6, 6.07) is 8.96. The molecule has 112 valence electrons. The Labute approximate surface area is 124 Å². The van der Waals surface area contributed by atoms with E-state index in [2.05, 4.69) is 0 Å². The van der Waals surface area contributed by atoms with E-state index >= 15 is 0 Å². The van der Waals surface area contributed by atoms with Gasteiger partial charge in [-0.05, 0) is 55.3 Å². The third-order valence-electron chi connectivity index (χ3n) is 3.16. The smallest absolute Gasteiger partial charge is 0.266 e. The molecule has 0 aromatic heterocycles. The number of hydrogen-bond acceptors (Lipinski definition) is 3. The Balaban J connectivity index is 2.52. The van der Waals surface area contributed by atoms with Crippen molar-refractivity contribution in [2.45, 2.75) is 18.7 Å². The maximum absolute atomic E-state index is 13.9. The second kappa shape index (κ2) is 5.37. The molecular weight excluding hydrogens is 291 g/mol. The molecule has 0 saturated heterocycles. The topological polar surface area (TPSA) is 63.4 Å². The highest BCUT2D eigenvalue weighted by atomic mass is 32.2. The van der Waals surface area contributed by atoms with Crippen LogP contribution in [0.1, 0.15) is 11.1 Å². The van der Waals surface area contributed by atoms with E-state index in [4.69, 9.17) is 5.73 Å². The highest BCUT2D eigenvalue weighted by Crippen LogP contribution is 2.26. The molecule has 0 radical (unpaired) electrons. The highest BCUT2D eigenvalue weighted by Gasteiger charge is 2.25. The van der Waals surface area contributed by atoms with Gasteiger partial charge in [0, 0.05) is 12.7 Å². The summed E-state index contributed by atoms with van der Waals surface area (Å²) < 4.78 is 40.0. The Bertz CT molecular complexity index is 768. The zero-order valence-electron chi connectivity index (χ0n) is 12.1. The number of rotatable bonds is 3. The summed E-state index contributed by atoms with van der Waals surface area (Å²) in [6.45, 7) is 3.75. The molecule has 2 N–H and O–H groups in total. The maximum atomic E-state index is 13.9. The molecule has 21 heavy (non-hydrogen) atoms. The first kappa shape index (κ1) is 15.3. The third kappa shape index (κ3) is 3.00. The van der Waals surface area contributed by atoms with E-state index in [1.807, 2.05) is 19.9 Å². The zero-order valence-corrected chi connectivity index (χ0v) is 12.9. The lowest BCUT2D eigenvalue weighted by Crippen LogP contribution is -2.27. The normalized spacial score (nSPS) is 11.4. The number of nitrogens with two attached hydrogens (primary N) is 1. The Kier molecular flexibility index (Phi) is 3.91. The average molecular weight is 308 g/mol. The Morgan fingerprint density at radius 3 is 2.14 bits per heavy atom. The lowest BCUT2D eigenvalue weighted by Gasteiger charge is -2.21. The van der Waals surface area contributed by atoms with E-state index < -0.39 is 20.7 Å². The van der Waals surface area contributed by atoms with Gasteiger partial charge in [-0.2, -0.15) is 0 Å². The molecule has 0 atom stereocenters. The van der Waals surface area contributed by atoms with Crippen molar-refractivity contribution in [1.82, 2.24) is 0 Å². The fraction of sp³-hybridized carbons (Fsp3) is 0.200. The summed E-state index contributed by atoms with van der Waals surface area (Å²) in [4.78, 5) is -0.390. The van der Waals surface area contributed by atoms with Crippen molar-refractivity contribution in [3.8, 4) is 0 Å². The molecule has 0 aliphatic rings. The summed E-state index contributed by atoms with van der Waals surface area (Å²) >= 11 is 0. The molecule has 6 heteroatoms. The number of anilines is 2. The molecule has 0 fully saturated rings. The van der Waals surface area contributed by atoms with Crippen molar-refractivity contribution < 1.29 is 12.8 Å². The molecule has 0 aliphatic carbocycles. The lowest BCUT2D eigenvalue weighted by molar-refractivity contribution is 0.566. The molecule has 0 spiro atoms. The summed E-state index contributed by atoms with van der Waals surface area (Å²) in [5, 5.41) is 0. The molecule has 0 amide bonds. The van der Waals surface area contributed by atoms with E-state index in [9.17, 15) is 12.8 Å². The van der Waals surface area contributed by atoms with Crippen LogP contribution in [0, 0.1) is 19.7 Å². The number of aryl methyl sites for hydroxylation is 2. The van der Waals surface area contributed by atoms with E-state index in [1.54, 1.807) is 12.1 Å². The van der Waals surface area contributed by atoms with E-state index in [1.165, 1.54) is 19.2 Å². The van der Waals surface area contributed by atoms with Crippen LogP contribution in [0.5, 0.6) is 0 Å². The molecular formula is C15H17FN2O2S. The van der Waals surface area contributed by atoms with Crippen LogP contribution in [0.4, 0.5) is 15.8 Å². The van der Waals surface area contributed by atoms with Gasteiger partial charge in [0.25, 0.3) is 10.0 Å². The van der Waals surface area contributed by atoms with Gasteiger partial charge in [0.1, 0.15) is 10.7 Å². The predicted molar refractivity (Wildman–Crippen MR) is 82.3 cm³/mol. The molecule has 0 heterocycles. The predicted octanol–water partition coefficient (Wildman–Crippen LogP) is 2.85. The van der Waals surface area contributed by atoms with Crippen LogP contribution in [0.25, 0.3) is 0 Å². The monoisotopic (exact) mass is 308 g/mol. The number of hydrogen-bond donors (Lipinski definition) is 1.